The molecule has 18 heavy (non-hydrogen) atoms. The lowest BCUT2D eigenvalue weighted by Crippen LogP contribution is -2.45. The van der Waals surface area contributed by atoms with Crippen molar-refractivity contribution in [1.82, 2.24) is 10.3 Å². The molecule has 1 atom stereocenters. The van der Waals surface area contributed by atoms with E-state index in [-0.39, 0.29) is 5.50 Å². The molecule has 0 saturated carbocycles. The topological polar surface area (TPSA) is 53.6 Å². The third-order valence-corrected chi connectivity index (χ3v) is 3.93. The molecule has 4 nitrogen and oxygen atoms in total. The maximum absolute atomic E-state index is 6.22. The number of hydrogen-bond acceptors (Lipinski definition) is 4. The standard InChI is InChI=1S/C13H17ClN4/c14-12-10-3-1-2-4-11(10)13(17-16-12)18-7-5-9(15)6-8-18/h1-4,9,12,16H,5-8,15H2. The maximum Gasteiger partial charge on any atom is 0.156 e. The average molecular weight is 265 g/mol. The molecule has 2 aliphatic rings. The molecule has 2 aliphatic heterocycles. The predicted octanol–water partition coefficient (Wildman–Crippen LogP) is 1.61. The van der Waals surface area contributed by atoms with Gasteiger partial charge < -0.3 is 10.6 Å². The van der Waals surface area contributed by atoms with Crippen molar-refractivity contribution in [2.45, 2.75) is 24.4 Å². The van der Waals surface area contributed by atoms with Gasteiger partial charge in [-0.05, 0) is 12.8 Å². The Hall–Kier alpha value is -1.26. The summed E-state index contributed by atoms with van der Waals surface area (Å²) in [5.74, 6) is 0.995. The minimum absolute atomic E-state index is 0.239. The Kier molecular flexibility index (Phi) is 3.14. The first-order valence-corrected chi connectivity index (χ1v) is 6.76. The van der Waals surface area contributed by atoms with Crippen molar-refractivity contribution in [2.24, 2.45) is 10.8 Å². The fourth-order valence-electron chi connectivity index (χ4n) is 2.52. The number of piperidine rings is 1. The maximum atomic E-state index is 6.22. The van der Waals surface area contributed by atoms with Crippen LogP contribution < -0.4 is 11.2 Å². The summed E-state index contributed by atoms with van der Waals surface area (Å²) in [5.41, 5.74) is 10.9. The summed E-state index contributed by atoms with van der Waals surface area (Å²) in [5, 5.41) is 4.42. The molecule has 0 radical (unpaired) electrons. The van der Waals surface area contributed by atoms with Gasteiger partial charge >= 0.3 is 0 Å². The Labute approximate surface area is 112 Å². The molecule has 96 valence electrons. The van der Waals surface area contributed by atoms with Crippen LogP contribution in [-0.4, -0.2) is 29.9 Å². The molecule has 0 bridgehead atoms. The zero-order chi connectivity index (χ0) is 12.5. The van der Waals surface area contributed by atoms with Crippen LogP contribution in [0.2, 0.25) is 0 Å². The summed E-state index contributed by atoms with van der Waals surface area (Å²) in [6.45, 7) is 1.92. The van der Waals surface area contributed by atoms with E-state index in [1.807, 2.05) is 18.2 Å². The van der Waals surface area contributed by atoms with Crippen LogP contribution in [0.15, 0.2) is 29.4 Å². The van der Waals surface area contributed by atoms with Gasteiger partial charge in [0.15, 0.2) is 5.84 Å². The van der Waals surface area contributed by atoms with E-state index < -0.39 is 0 Å². The Bertz CT molecular complexity index is 466. The quantitative estimate of drug-likeness (QED) is 0.553. The van der Waals surface area contributed by atoms with Crippen LogP contribution in [0.1, 0.15) is 29.5 Å². The molecule has 0 aromatic heterocycles. The van der Waals surface area contributed by atoms with E-state index in [0.29, 0.717) is 6.04 Å². The number of hydrazone groups is 1. The van der Waals surface area contributed by atoms with Gasteiger partial charge in [-0.1, -0.05) is 35.9 Å². The van der Waals surface area contributed by atoms with Gasteiger partial charge in [0.25, 0.3) is 0 Å². The monoisotopic (exact) mass is 264 g/mol. The Balaban J connectivity index is 1.89. The van der Waals surface area contributed by atoms with Crippen molar-refractivity contribution in [2.75, 3.05) is 13.1 Å². The average Bonchev–Trinajstić information content (AvgIpc) is 2.41. The van der Waals surface area contributed by atoms with Crippen LogP contribution in [-0.2, 0) is 0 Å². The Morgan fingerprint density at radius 3 is 2.78 bits per heavy atom. The predicted molar refractivity (Wildman–Crippen MR) is 73.5 cm³/mol. The fraction of sp³-hybridized carbons (Fsp3) is 0.462. The zero-order valence-corrected chi connectivity index (χ0v) is 10.9. The number of fused-ring (bicyclic) bond motifs is 1. The SMILES string of the molecule is NC1CCN(C2=NNC(Cl)c3ccccc32)CC1. The molecule has 1 saturated heterocycles. The number of likely N-dealkylation sites (tertiary alicyclic amines) is 1. The summed E-state index contributed by atoms with van der Waals surface area (Å²) in [6, 6.07) is 8.49. The third kappa shape index (κ3) is 2.06. The number of alkyl halides is 1. The number of rotatable bonds is 0. The van der Waals surface area contributed by atoms with Crippen molar-refractivity contribution >= 4 is 17.4 Å². The molecule has 5 heteroatoms. The molecular weight excluding hydrogens is 248 g/mol. The molecule has 0 amide bonds. The van der Waals surface area contributed by atoms with Crippen molar-refractivity contribution in [3.8, 4) is 0 Å². The van der Waals surface area contributed by atoms with Crippen LogP contribution in [0.5, 0.6) is 0 Å². The summed E-state index contributed by atoms with van der Waals surface area (Å²) in [4.78, 5) is 2.29. The lowest BCUT2D eigenvalue weighted by atomic mass is 10.0. The van der Waals surface area contributed by atoms with Gasteiger partial charge in [-0.25, -0.2) is 0 Å². The molecular formula is C13H17ClN4. The van der Waals surface area contributed by atoms with E-state index in [1.165, 1.54) is 0 Å². The second kappa shape index (κ2) is 4.78. The fourth-order valence-corrected chi connectivity index (χ4v) is 2.76. The van der Waals surface area contributed by atoms with Gasteiger partial charge in [0.05, 0.1) is 0 Å². The smallest absolute Gasteiger partial charge is 0.156 e. The number of amidine groups is 1. The van der Waals surface area contributed by atoms with Crippen molar-refractivity contribution in [3.63, 3.8) is 0 Å². The van der Waals surface area contributed by atoms with Crippen molar-refractivity contribution in [1.29, 1.82) is 0 Å². The van der Waals surface area contributed by atoms with E-state index in [2.05, 4.69) is 21.5 Å². The first-order valence-electron chi connectivity index (χ1n) is 6.33. The molecule has 0 spiro atoms. The first-order chi connectivity index (χ1) is 8.75. The molecule has 3 N–H and O–H groups in total. The van der Waals surface area contributed by atoms with Gasteiger partial charge in [0.2, 0.25) is 0 Å². The highest BCUT2D eigenvalue weighted by Crippen LogP contribution is 2.27. The number of nitrogens with zero attached hydrogens (tertiary/aromatic N) is 2. The second-order valence-electron chi connectivity index (χ2n) is 4.84. The van der Waals surface area contributed by atoms with Crippen molar-refractivity contribution < 1.29 is 0 Å². The van der Waals surface area contributed by atoms with E-state index in [9.17, 15) is 0 Å². The van der Waals surface area contributed by atoms with E-state index in [4.69, 9.17) is 17.3 Å². The van der Waals surface area contributed by atoms with E-state index in [1.54, 1.807) is 0 Å². The van der Waals surface area contributed by atoms with Crippen LogP contribution in [0.3, 0.4) is 0 Å². The molecule has 3 rings (SSSR count). The van der Waals surface area contributed by atoms with Gasteiger partial charge in [-0.15, -0.1) is 0 Å². The highest BCUT2D eigenvalue weighted by molar-refractivity contribution is 6.22. The van der Waals surface area contributed by atoms with Gasteiger partial charge in [0, 0.05) is 30.3 Å². The summed E-state index contributed by atoms with van der Waals surface area (Å²) >= 11 is 6.22. The number of hydrogen-bond donors (Lipinski definition) is 2. The molecule has 1 unspecified atom stereocenters. The normalized spacial score (nSPS) is 24.2. The first kappa shape index (κ1) is 11.8. The van der Waals surface area contributed by atoms with Crippen LogP contribution in [0.25, 0.3) is 0 Å². The van der Waals surface area contributed by atoms with Gasteiger partial charge in [-0.3, -0.25) is 5.43 Å². The summed E-state index contributed by atoms with van der Waals surface area (Å²) in [7, 11) is 0. The Morgan fingerprint density at radius 2 is 2.00 bits per heavy atom. The highest BCUT2D eigenvalue weighted by atomic mass is 35.5. The zero-order valence-electron chi connectivity index (χ0n) is 10.1. The number of nitrogens with one attached hydrogen (secondary N) is 1. The lowest BCUT2D eigenvalue weighted by Gasteiger charge is -2.35. The molecule has 0 aliphatic carbocycles. The molecule has 2 heterocycles. The largest absolute Gasteiger partial charge is 0.355 e. The lowest BCUT2D eigenvalue weighted by molar-refractivity contribution is 0.311. The summed E-state index contributed by atoms with van der Waals surface area (Å²) in [6.07, 6.45) is 2.04. The number of benzene rings is 1. The Morgan fingerprint density at radius 1 is 1.28 bits per heavy atom. The summed E-state index contributed by atoms with van der Waals surface area (Å²) < 4.78 is 0. The highest BCUT2D eigenvalue weighted by Gasteiger charge is 2.26. The molecule has 1 aromatic rings. The second-order valence-corrected chi connectivity index (χ2v) is 5.28. The van der Waals surface area contributed by atoms with E-state index in [0.717, 1.165) is 42.9 Å². The van der Waals surface area contributed by atoms with Gasteiger partial charge in [0.1, 0.15) is 5.50 Å². The van der Waals surface area contributed by atoms with Crippen LogP contribution >= 0.6 is 11.6 Å². The van der Waals surface area contributed by atoms with Gasteiger partial charge in [-0.2, -0.15) is 5.10 Å². The van der Waals surface area contributed by atoms with Crippen LogP contribution in [0.4, 0.5) is 0 Å². The number of halogens is 1. The van der Waals surface area contributed by atoms with Crippen LogP contribution in [0, 0.1) is 0 Å². The molecule has 1 aromatic carbocycles. The third-order valence-electron chi connectivity index (χ3n) is 3.60. The van der Waals surface area contributed by atoms with Crippen molar-refractivity contribution in [3.05, 3.63) is 35.4 Å². The minimum atomic E-state index is -0.239. The molecule has 1 fully saturated rings. The minimum Gasteiger partial charge on any atom is -0.355 e. The number of nitrogens with two attached hydrogens (primary N) is 1. The van der Waals surface area contributed by atoms with E-state index >= 15 is 0 Å².